The highest BCUT2D eigenvalue weighted by Gasteiger charge is 2.53. The predicted octanol–water partition coefficient (Wildman–Crippen LogP) is 13.1. The molecule has 0 bridgehead atoms. The van der Waals surface area contributed by atoms with Gasteiger partial charge in [-0.3, -0.25) is 9.97 Å². The van der Waals surface area contributed by atoms with Gasteiger partial charge in [-0.15, -0.1) is 0 Å². The Morgan fingerprint density at radius 3 is 1.29 bits per heavy atom. The summed E-state index contributed by atoms with van der Waals surface area (Å²) in [7, 11) is -1.66. The van der Waals surface area contributed by atoms with Crippen LogP contribution < -0.4 is 5.19 Å². The largest absolute Gasteiger partial charge is 0.254 e. The predicted molar refractivity (Wildman–Crippen MR) is 246 cm³/mol. The van der Waals surface area contributed by atoms with Crippen LogP contribution in [0.3, 0.4) is 0 Å². The zero-order chi connectivity index (χ0) is 39.7. The van der Waals surface area contributed by atoms with Crippen LogP contribution in [0.1, 0.15) is 22.3 Å². The van der Waals surface area contributed by atoms with Gasteiger partial charge in [-0.05, 0) is 79.0 Å². The lowest BCUT2D eigenvalue weighted by molar-refractivity contribution is 0.790. The smallest absolute Gasteiger partial charge is 0.0937 e. The Kier molecular flexibility index (Phi) is 8.07. The lowest BCUT2D eigenvalue weighted by Crippen LogP contribution is -2.39. The summed E-state index contributed by atoms with van der Waals surface area (Å²) < 4.78 is 0. The standard InChI is InChI=1S/C55H41N3Si/c1-59(2,3)44-33-50-54(57-35-44)53-49(55(50)47-20-12-10-18-45(47)46-19-11-13-21-48(46)55)30-43(34-56-53)39-28-24-37(25-29-39)36-22-26-38(27-23-36)42-31-51(40-14-6-4-7-15-40)58-52(32-42)41-16-8-5-9-17-41/h4-35H,1-3H3. The SMILES string of the molecule is C[Si](C)(C)c1cnc2c(c1)C1(c3ccccc3-c3ccccc31)c1cc(-c3ccc(-c4ccc(-c5cc(-c6ccccc6)nc(-c6ccccc6)c5)cc4)cc3)cnc1-2. The van der Waals surface area contributed by atoms with Gasteiger partial charge in [0, 0.05) is 34.6 Å². The fourth-order valence-electron chi connectivity index (χ4n) is 9.33. The molecule has 0 aliphatic heterocycles. The Balaban J connectivity index is 0.962. The lowest BCUT2D eigenvalue weighted by Gasteiger charge is -2.31. The van der Waals surface area contributed by atoms with Crippen LogP contribution in [0.5, 0.6) is 0 Å². The van der Waals surface area contributed by atoms with Crippen LogP contribution in [0.15, 0.2) is 194 Å². The molecule has 2 aliphatic rings. The summed E-state index contributed by atoms with van der Waals surface area (Å²) in [6.45, 7) is 7.21. The molecular weight excluding hydrogens is 731 g/mol. The van der Waals surface area contributed by atoms with Gasteiger partial charge in [-0.1, -0.05) is 183 Å². The molecule has 0 saturated carbocycles. The summed E-state index contributed by atoms with van der Waals surface area (Å²) in [5, 5.41) is 1.36. The molecule has 1 spiro atoms. The van der Waals surface area contributed by atoms with Crippen molar-refractivity contribution < 1.29 is 0 Å². The van der Waals surface area contributed by atoms with Gasteiger partial charge in [-0.2, -0.15) is 0 Å². The van der Waals surface area contributed by atoms with Gasteiger partial charge >= 0.3 is 0 Å². The molecule has 11 rings (SSSR count). The second-order valence-corrected chi connectivity index (χ2v) is 21.9. The molecular formula is C55H41N3Si. The van der Waals surface area contributed by atoms with Crippen LogP contribution in [0.2, 0.25) is 19.6 Å². The first-order valence-electron chi connectivity index (χ1n) is 20.4. The quantitative estimate of drug-likeness (QED) is 0.158. The molecule has 2 aliphatic carbocycles. The molecule has 0 N–H and O–H groups in total. The van der Waals surface area contributed by atoms with Crippen molar-refractivity contribution in [1.29, 1.82) is 0 Å². The van der Waals surface area contributed by atoms with Crippen molar-refractivity contribution in [3.05, 3.63) is 217 Å². The molecule has 0 radical (unpaired) electrons. The van der Waals surface area contributed by atoms with Crippen LogP contribution in [-0.2, 0) is 5.41 Å². The van der Waals surface area contributed by atoms with E-state index < -0.39 is 13.5 Å². The van der Waals surface area contributed by atoms with Gasteiger partial charge in [0.2, 0.25) is 0 Å². The number of benzene rings is 6. The average Bonchev–Trinajstić information content (AvgIpc) is 3.76. The number of rotatable bonds is 6. The second-order valence-electron chi connectivity index (χ2n) is 16.8. The van der Waals surface area contributed by atoms with E-state index in [4.69, 9.17) is 15.0 Å². The second kappa shape index (κ2) is 13.5. The molecule has 0 saturated heterocycles. The van der Waals surface area contributed by atoms with Crippen molar-refractivity contribution >= 4 is 13.3 Å². The average molecular weight is 772 g/mol. The summed E-state index contributed by atoms with van der Waals surface area (Å²) in [5.41, 5.74) is 20.2. The monoisotopic (exact) mass is 771 g/mol. The van der Waals surface area contributed by atoms with Gasteiger partial charge in [0.15, 0.2) is 0 Å². The van der Waals surface area contributed by atoms with Crippen molar-refractivity contribution in [2.45, 2.75) is 25.1 Å². The Bertz CT molecular complexity index is 2950. The van der Waals surface area contributed by atoms with Crippen LogP contribution >= 0.6 is 0 Å². The molecule has 6 aromatic carbocycles. The lowest BCUT2D eigenvalue weighted by atomic mass is 9.71. The number of pyridine rings is 3. The number of nitrogens with zero attached hydrogens (tertiary/aromatic N) is 3. The molecule has 3 nitrogen and oxygen atoms in total. The van der Waals surface area contributed by atoms with Gasteiger partial charge in [0.25, 0.3) is 0 Å². The van der Waals surface area contributed by atoms with Gasteiger partial charge in [-0.25, -0.2) is 4.98 Å². The summed E-state index contributed by atoms with van der Waals surface area (Å²) >= 11 is 0. The van der Waals surface area contributed by atoms with E-state index in [1.54, 1.807) is 0 Å². The van der Waals surface area contributed by atoms with E-state index in [0.29, 0.717) is 0 Å². The van der Waals surface area contributed by atoms with Crippen LogP contribution in [0.25, 0.3) is 78.4 Å². The van der Waals surface area contributed by atoms with Gasteiger partial charge in [0.05, 0.1) is 36.3 Å². The summed E-state index contributed by atoms with van der Waals surface area (Å²) in [6, 6.07) is 65.8. The number of fused-ring (bicyclic) bond motifs is 10. The Morgan fingerprint density at radius 1 is 0.356 bits per heavy atom. The third-order valence-electron chi connectivity index (χ3n) is 12.4. The van der Waals surface area contributed by atoms with Crippen molar-refractivity contribution in [3.8, 4) is 78.4 Å². The van der Waals surface area contributed by atoms with E-state index in [-0.39, 0.29) is 0 Å². The van der Waals surface area contributed by atoms with Crippen molar-refractivity contribution in [2.24, 2.45) is 0 Å². The normalized spacial score (nSPS) is 13.1. The Morgan fingerprint density at radius 2 is 0.780 bits per heavy atom. The topological polar surface area (TPSA) is 38.7 Å². The molecule has 3 heterocycles. The fourth-order valence-corrected chi connectivity index (χ4v) is 10.4. The maximum absolute atomic E-state index is 5.25. The first-order chi connectivity index (χ1) is 28.9. The third-order valence-corrected chi connectivity index (χ3v) is 14.4. The zero-order valence-corrected chi connectivity index (χ0v) is 34.3. The third kappa shape index (κ3) is 5.66. The van der Waals surface area contributed by atoms with E-state index in [1.807, 2.05) is 18.3 Å². The van der Waals surface area contributed by atoms with Crippen molar-refractivity contribution in [3.63, 3.8) is 0 Å². The van der Waals surface area contributed by atoms with Crippen molar-refractivity contribution in [2.75, 3.05) is 0 Å². The molecule has 0 atom stereocenters. The number of hydrogen-bond acceptors (Lipinski definition) is 3. The van der Waals surface area contributed by atoms with Crippen LogP contribution in [-0.4, -0.2) is 23.0 Å². The van der Waals surface area contributed by atoms with Crippen molar-refractivity contribution in [1.82, 2.24) is 15.0 Å². The highest BCUT2D eigenvalue weighted by atomic mass is 28.3. The van der Waals surface area contributed by atoms with E-state index in [2.05, 4.69) is 196 Å². The maximum Gasteiger partial charge on any atom is 0.0937 e. The number of hydrogen-bond donors (Lipinski definition) is 0. The molecule has 59 heavy (non-hydrogen) atoms. The number of aromatic nitrogens is 3. The summed E-state index contributed by atoms with van der Waals surface area (Å²) in [6.07, 6.45) is 4.15. The highest BCUT2D eigenvalue weighted by molar-refractivity contribution is 6.88. The molecule has 3 aromatic heterocycles. The summed E-state index contributed by atoms with van der Waals surface area (Å²) in [4.78, 5) is 15.5. The van der Waals surface area contributed by atoms with E-state index >= 15 is 0 Å². The molecule has 0 amide bonds. The molecule has 0 fully saturated rings. The highest BCUT2D eigenvalue weighted by Crippen LogP contribution is 2.62. The van der Waals surface area contributed by atoms with E-state index in [9.17, 15) is 0 Å². The molecule has 280 valence electrons. The Labute approximate surface area is 346 Å². The zero-order valence-electron chi connectivity index (χ0n) is 33.3. The fraction of sp³-hybridized carbons (Fsp3) is 0.0727. The van der Waals surface area contributed by atoms with Gasteiger partial charge in [0.1, 0.15) is 0 Å². The van der Waals surface area contributed by atoms with Gasteiger partial charge < -0.3 is 0 Å². The first kappa shape index (κ1) is 35.2. The molecule has 0 unspecified atom stereocenters. The minimum atomic E-state index is -1.66. The van der Waals surface area contributed by atoms with Crippen LogP contribution in [0.4, 0.5) is 0 Å². The van der Waals surface area contributed by atoms with E-state index in [0.717, 1.165) is 56.2 Å². The van der Waals surface area contributed by atoms with E-state index in [1.165, 1.54) is 49.7 Å². The minimum absolute atomic E-state index is 0.482. The molecule has 9 aromatic rings. The van der Waals surface area contributed by atoms with Crippen LogP contribution in [0, 0.1) is 0 Å². The molecule has 4 heteroatoms. The first-order valence-corrected chi connectivity index (χ1v) is 23.9. The Hall–Kier alpha value is -7.01. The maximum atomic E-state index is 5.25. The summed E-state index contributed by atoms with van der Waals surface area (Å²) in [5.74, 6) is 0. The minimum Gasteiger partial charge on any atom is -0.254 e.